The van der Waals surface area contributed by atoms with Gasteiger partial charge in [-0.15, -0.1) is 0 Å². The lowest BCUT2D eigenvalue weighted by atomic mass is 10.4. The minimum Gasteiger partial charge on any atom is -0.0683 e. The molecule has 0 radical (unpaired) electrons. The summed E-state index contributed by atoms with van der Waals surface area (Å²) in [4.78, 5) is 0. The Hall–Kier alpha value is 0. The molecule has 0 unspecified atom stereocenters. The molecule has 0 aliphatic heterocycles. The Kier molecular flexibility index (Phi) is 32.7. The average molecular weight is 188 g/mol. The van der Waals surface area contributed by atoms with Crippen molar-refractivity contribution in [2.75, 3.05) is 0 Å². The summed E-state index contributed by atoms with van der Waals surface area (Å²) in [6.07, 6.45) is 6.86. The highest BCUT2D eigenvalue weighted by atomic mass is 14.2. The third-order valence-electron chi connectivity index (χ3n) is 1.37. The van der Waals surface area contributed by atoms with E-state index in [2.05, 4.69) is 34.6 Å². The van der Waals surface area contributed by atoms with E-state index in [1.165, 1.54) is 32.1 Å². The van der Waals surface area contributed by atoms with Gasteiger partial charge in [0.15, 0.2) is 0 Å². The zero-order valence-electron chi connectivity index (χ0n) is 11.1. The van der Waals surface area contributed by atoms with Crippen molar-refractivity contribution < 1.29 is 0 Å². The molecule has 0 nitrogen and oxygen atoms in total. The van der Waals surface area contributed by atoms with Crippen molar-refractivity contribution >= 4 is 0 Å². The third-order valence-corrected chi connectivity index (χ3v) is 1.37. The van der Waals surface area contributed by atoms with Crippen molar-refractivity contribution in [2.45, 2.75) is 80.6 Å². The van der Waals surface area contributed by atoms with Gasteiger partial charge in [-0.05, 0) is 5.92 Å². The predicted octanol–water partition coefficient (Wildman–Crippen LogP) is 5.67. The zero-order chi connectivity index (χ0) is 11.1. The van der Waals surface area contributed by atoms with Crippen LogP contribution in [0.1, 0.15) is 80.6 Å². The molecule has 0 heterocycles. The van der Waals surface area contributed by atoms with E-state index < -0.39 is 0 Å². The average Bonchev–Trinajstić information content (AvgIpc) is 2.93. The van der Waals surface area contributed by atoms with Crippen molar-refractivity contribution in [1.82, 2.24) is 0 Å². The van der Waals surface area contributed by atoms with Crippen molar-refractivity contribution in [3.63, 3.8) is 0 Å². The van der Waals surface area contributed by atoms with Crippen LogP contribution in [0, 0.1) is 5.92 Å². The quantitative estimate of drug-likeness (QED) is 0.497. The second-order valence-corrected chi connectivity index (χ2v) is 3.39. The Morgan fingerprint density at radius 3 is 1.00 bits per heavy atom. The lowest BCUT2D eigenvalue weighted by Gasteiger charge is -1.68. The van der Waals surface area contributed by atoms with Gasteiger partial charge in [-0.1, -0.05) is 80.6 Å². The Morgan fingerprint density at radius 1 is 0.846 bits per heavy atom. The highest BCUT2D eigenvalue weighted by molar-refractivity contribution is 4.65. The summed E-state index contributed by atoms with van der Waals surface area (Å²) in [5.41, 5.74) is 0. The first-order chi connectivity index (χ1) is 6.22. The van der Waals surface area contributed by atoms with E-state index in [0.717, 1.165) is 5.92 Å². The van der Waals surface area contributed by atoms with Crippen molar-refractivity contribution in [2.24, 2.45) is 5.92 Å². The summed E-state index contributed by atoms with van der Waals surface area (Å²) in [5, 5.41) is 0. The molecule has 0 aromatic carbocycles. The van der Waals surface area contributed by atoms with Gasteiger partial charge in [-0.25, -0.2) is 0 Å². The topological polar surface area (TPSA) is 0 Å². The SMILES string of the molecule is CC.CC1CC1.CCC.CCCC. The molecule has 0 bridgehead atoms. The van der Waals surface area contributed by atoms with E-state index in [1.54, 1.807) is 0 Å². The summed E-state index contributed by atoms with van der Waals surface area (Å²) in [7, 11) is 0. The third kappa shape index (κ3) is 75.0. The molecule has 0 heteroatoms. The first kappa shape index (κ1) is 18.7. The van der Waals surface area contributed by atoms with E-state index in [0.29, 0.717) is 0 Å². The first-order valence-electron chi connectivity index (χ1n) is 6.22. The predicted molar refractivity (Wildman–Crippen MR) is 66.3 cm³/mol. The van der Waals surface area contributed by atoms with Crippen LogP contribution in [-0.4, -0.2) is 0 Å². The summed E-state index contributed by atoms with van der Waals surface area (Å²) < 4.78 is 0. The van der Waals surface area contributed by atoms with Crippen LogP contribution in [0.25, 0.3) is 0 Å². The fraction of sp³-hybridized carbons (Fsp3) is 1.00. The molecular weight excluding hydrogens is 156 g/mol. The largest absolute Gasteiger partial charge is 0.0683 e. The van der Waals surface area contributed by atoms with E-state index in [9.17, 15) is 0 Å². The maximum Gasteiger partial charge on any atom is -0.0443 e. The monoisotopic (exact) mass is 188 g/mol. The molecule has 1 aliphatic carbocycles. The summed E-state index contributed by atoms with van der Waals surface area (Å²) in [5.74, 6) is 1.08. The van der Waals surface area contributed by atoms with Gasteiger partial charge in [0.05, 0.1) is 0 Å². The van der Waals surface area contributed by atoms with Crippen molar-refractivity contribution in [3.8, 4) is 0 Å². The minimum atomic E-state index is 1.08. The van der Waals surface area contributed by atoms with Crippen molar-refractivity contribution in [1.29, 1.82) is 0 Å². The highest BCUT2D eigenvalue weighted by Gasteiger charge is 2.12. The molecule has 13 heavy (non-hydrogen) atoms. The van der Waals surface area contributed by atoms with Crippen molar-refractivity contribution in [3.05, 3.63) is 0 Å². The molecule has 1 aliphatic rings. The Morgan fingerprint density at radius 2 is 1.00 bits per heavy atom. The number of unbranched alkanes of at least 4 members (excludes halogenated alkanes) is 1. The van der Waals surface area contributed by atoms with Gasteiger partial charge in [-0.2, -0.15) is 0 Å². The normalized spacial score (nSPS) is 12.2. The second kappa shape index (κ2) is 22.7. The van der Waals surface area contributed by atoms with E-state index in [1.807, 2.05) is 13.8 Å². The molecule has 0 N–H and O–H groups in total. The number of rotatable bonds is 1. The molecule has 0 aromatic rings. The highest BCUT2D eigenvalue weighted by Crippen LogP contribution is 2.26. The number of hydrogen-bond donors (Lipinski definition) is 0. The minimum absolute atomic E-state index is 1.08. The molecule has 1 saturated carbocycles. The molecule has 0 aromatic heterocycles. The van der Waals surface area contributed by atoms with Crippen LogP contribution in [0.4, 0.5) is 0 Å². The summed E-state index contributed by atoms with van der Waals surface area (Å²) in [6.45, 7) is 14.9. The van der Waals surface area contributed by atoms with Crippen LogP contribution in [0.15, 0.2) is 0 Å². The van der Waals surface area contributed by atoms with Crippen LogP contribution in [0.3, 0.4) is 0 Å². The van der Waals surface area contributed by atoms with Gasteiger partial charge in [-0.3, -0.25) is 0 Å². The summed E-state index contributed by atoms with van der Waals surface area (Å²) in [6, 6.07) is 0. The van der Waals surface area contributed by atoms with Gasteiger partial charge in [0, 0.05) is 0 Å². The molecule has 0 spiro atoms. The Bertz CT molecular complexity index is 42.0. The van der Waals surface area contributed by atoms with Crippen LogP contribution in [0.5, 0.6) is 0 Å². The summed E-state index contributed by atoms with van der Waals surface area (Å²) >= 11 is 0. The molecule has 0 atom stereocenters. The van der Waals surface area contributed by atoms with E-state index >= 15 is 0 Å². The van der Waals surface area contributed by atoms with Gasteiger partial charge >= 0.3 is 0 Å². The van der Waals surface area contributed by atoms with Gasteiger partial charge in [0.25, 0.3) is 0 Å². The first-order valence-corrected chi connectivity index (χ1v) is 6.22. The lowest BCUT2D eigenvalue weighted by molar-refractivity contribution is 0.886. The fourth-order valence-corrected chi connectivity index (χ4v) is 0.167. The second-order valence-electron chi connectivity index (χ2n) is 3.39. The van der Waals surface area contributed by atoms with Gasteiger partial charge in [0.2, 0.25) is 0 Å². The zero-order valence-corrected chi connectivity index (χ0v) is 11.1. The maximum absolute atomic E-state index is 2.28. The smallest absolute Gasteiger partial charge is 0.0443 e. The molecule has 1 rings (SSSR count). The standard InChI is InChI=1S/C4H8.C4H10.C3H8.C2H6/c1-4-2-3-4;1-3-4-2;1-3-2;1-2/h4H,2-3H2,1H3;3-4H2,1-2H3;3H2,1-2H3;1-2H3. The molecule has 1 fully saturated rings. The molecule has 84 valence electrons. The van der Waals surface area contributed by atoms with Crippen LogP contribution in [-0.2, 0) is 0 Å². The van der Waals surface area contributed by atoms with Crippen LogP contribution in [0.2, 0.25) is 0 Å². The van der Waals surface area contributed by atoms with Gasteiger partial charge < -0.3 is 0 Å². The maximum atomic E-state index is 2.28. The fourth-order valence-electron chi connectivity index (χ4n) is 0.167. The van der Waals surface area contributed by atoms with E-state index in [-0.39, 0.29) is 0 Å². The molecule has 0 amide bonds. The van der Waals surface area contributed by atoms with Crippen LogP contribution < -0.4 is 0 Å². The molecular formula is C13H32. The molecule has 0 saturated heterocycles. The van der Waals surface area contributed by atoms with Gasteiger partial charge in [0.1, 0.15) is 0 Å². The Labute approximate surface area is 87.1 Å². The van der Waals surface area contributed by atoms with Crippen LogP contribution >= 0.6 is 0 Å². The lowest BCUT2D eigenvalue weighted by Crippen LogP contribution is -1.47. The van der Waals surface area contributed by atoms with E-state index in [4.69, 9.17) is 0 Å². The Balaban J connectivity index is -0.000000107. The number of hydrogen-bond acceptors (Lipinski definition) is 0.